The lowest BCUT2D eigenvalue weighted by Gasteiger charge is -2.12. The van der Waals surface area contributed by atoms with Crippen molar-refractivity contribution in [1.29, 1.82) is 0 Å². The maximum atomic E-state index is 6.12. The lowest BCUT2D eigenvalue weighted by molar-refractivity contribution is 0.0720. The maximum Gasteiger partial charge on any atom is 0.0700 e. The van der Waals surface area contributed by atoms with Gasteiger partial charge in [-0.1, -0.05) is 13.8 Å². The number of nitrogens with one attached hydrogen (secondary N) is 1. The Morgan fingerprint density at radius 2 is 1.93 bits per heavy atom. The molecule has 0 bridgehead atoms. The third-order valence-electron chi connectivity index (χ3n) is 1.95. The molecule has 0 rings (SSSR count). The van der Waals surface area contributed by atoms with Crippen LogP contribution in [0.5, 0.6) is 0 Å². The fourth-order valence-electron chi connectivity index (χ4n) is 1.24. The molecule has 0 aliphatic carbocycles. The van der Waals surface area contributed by atoms with Crippen molar-refractivity contribution in [3.63, 3.8) is 0 Å². The van der Waals surface area contributed by atoms with E-state index in [-0.39, 0.29) is 5.38 Å². The van der Waals surface area contributed by atoms with E-state index in [4.69, 9.17) is 21.1 Å². The molecule has 0 saturated carbocycles. The topological polar surface area (TPSA) is 30.5 Å². The zero-order valence-electron chi connectivity index (χ0n) is 10.1. The molecule has 15 heavy (non-hydrogen) atoms. The van der Waals surface area contributed by atoms with Crippen LogP contribution in [0.25, 0.3) is 0 Å². The smallest absolute Gasteiger partial charge is 0.0700 e. The van der Waals surface area contributed by atoms with Crippen molar-refractivity contribution in [2.45, 2.75) is 25.6 Å². The molecule has 0 aromatic carbocycles. The highest BCUT2D eigenvalue weighted by Crippen LogP contribution is 2.09. The molecule has 1 atom stereocenters. The first-order valence-electron chi connectivity index (χ1n) is 5.58. The van der Waals surface area contributed by atoms with Crippen LogP contribution in [-0.2, 0) is 9.47 Å². The van der Waals surface area contributed by atoms with Crippen LogP contribution in [0, 0.1) is 5.92 Å². The van der Waals surface area contributed by atoms with Crippen molar-refractivity contribution in [3.8, 4) is 0 Å². The van der Waals surface area contributed by atoms with Crippen molar-refractivity contribution < 1.29 is 9.47 Å². The summed E-state index contributed by atoms with van der Waals surface area (Å²) in [5.41, 5.74) is 0. The van der Waals surface area contributed by atoms with Gasteiger partial charge in [0.2, 0.25) is 0 Å². The van der Waals surface area contributed by atoms with E-state index in [1.54, 1.807) is 7.11 Å². The largest absolute Gasteiger partial charge is 0.382 e. The first-order valence-corrected chi connectivity index (χ1v) is 6.02. The Morgan fingerprint density at radius 3 is 2.53 bits per heavy atom. The minimum atomic E-state index is 0.226. The van der Waals surface area contributed by atoms with Gasteiger partial charge >= 0.3 is 0 Å². The van der Waals surface area contributed by atoms with E-state index in [9.17, 15) is 0 Å². The first-order chi connectivity index (χ1) is 7.16. The second kappa shape index (κ2) is 10.7. The summed E-state index contributed by atoms with van der Waals surface area (Å²) < 4.78 is 10.2. The summed E-state index contributed by atoms with van der Waals surface area (Å²) in [5, 5.41) is 3.50. The van der Waals surface area contributed by atoms with Gasteiger partial charge in [0.1, 0.15) is 0 Å². The van der Waals surface area contributed by atoms with Crippen molar-refractivity contribution >= 4 is 11.6 Å². The Bertz CT molecular complexity index is 134. The zero-order chi connectivity index (χ0) is 11.5. The fourth-order valence-corrected chi connectivity index (χ4v) is 1.71. The Labute approximate surface area is 98.5 Å². The molecule has 0 aliphatic heterocycles. The van der Waals surface area contributed by atoms with Gasteiger partial charge in [-0.15, -0.1) is 11.6 Å². The summed E-state index contributed by atoms with van der Waals surface area (Å²) in [6.45, 7) is 8.11. The quantitative estimate of drug-likeness (QED) is 0.465. The second-order valence-electron chi connectivity index (χ2n) is 4.04. The van der Waals surface area contributed by atoms with E-state index >= 15 is 0 Å². The Hall–Kier alpha value is 0.170. The van der Waals surface area contributed by atoms with Gasteiger partial charge in [0, 0.05) is 25.6 Å². The van der Waals surface area contributed by atoms with Gasteiger partial charge in [-0.2, -0.15) is 0 Å². The van der Waals surface area contributed by atoms with E-state index in [2.05, 4.69) is 19.2 Å². The van der Waals surface area contributed by atoms with E-state index in [1.165, 1.54) is 0 Å². The van der Waals surface area contributed by atoms with Gasteiger partial charge in [0.15, 0.2) is 0 Å². The molecule has 0 aromatic heterocycles. The Morgan fingerprint density at radius 1 is 1.20 bits per heavy atom. The number of halogens is 1. The number of hydrogen-bond donors (Lipinski definition) is 1. The van der Waals surface area contributed by atoms with Gasteiger partial charge in [0.05, 0.1) is 19.8 Å². The van der Waals surface area contributed by atoms with Crippen LogP contribution in [0.3, 0.4) is 0 Å². The number of rotatable bonds is 10. The van der Waals surface area contributed by atoms with Gasteiger partial charge in [-0.3, -0.25) is 0 Å². The minimum Gasteiger partial charge on any atom is -0.382 e. The summed E-state index contributed by atoms with van der Waals surface area (Å²) >= 11 is 6.12. The number of ether oxygens (including phenoxy) is 2. The second-order valence-corrected chi connectivity index (χ2v) is 4.65. The normalized spacial score (nSPS) is 13.4. The zero-order valence-corrected chi connectivity index (χ0v) is 10.8. The van der Waals surface area contributed by atoms with Gasteiger partial charge < -0.3 is 14.8 Å². The molecule has 4 heteroatoms. The summed E-state index contributed by atoms with van der Waals surface area (Å²) in [7, 11) is 1.67. The third kappa shape index (κ3) is 12.1. The molecule has 92 valence electrons. The van der Waals surface area contributed by atoms with Crippen molar-refractivity contribution in [2.24, 2.45) is 5.92 Å². The molecule has 0 saturated heterocycles. The Balaban J connectivity index is 3.09. The van der Waals surface area contributed by atoms with E-state index in [1.807, 2.05) is 0 Å². The average Bonchev–Trinajstić information content (AvgIpc) is 2.15. The van der Waals surface area contributed by atoms with E-state index in [0.717, 1.165) is 19.5 Å². The van der Waals surface area contributed by atoms with Crippen molar-refractivity contribution in [3.05, 3.63) is 0 Å². The molecule has 0 amide bonds. The SMILES string of the molecule is COCCOCCNCC(Cl)CC(C)C. The predicted molar refractivity (Wildman–Crippen MR) is 64.7 cm³/mol. The molecule has 0 fully saturated rings. The highest BCUT2D eigenvalue weighted by Gasteiger charge is 2.05. The summed E-state index contributed by atoms with van der Waals surface area (Å²) in [4.78, 5) is 0. The van der Waals surface area contributed by atoms with Crippen LogP contribution in [0.4, 0.5) is 0 Å². The van der Waals surface area contributed by atoms with E-state index < -0.39 is 0 Å². The highest BCUT2D eigenvalue weighted by atomic mass is 35.5. The van der Waals surface area contributed by atoms with Crippen LogP contribution in [0.15, 0.2) is 0 Å². The van der Waals surface area contributed by atoms with Gasteiger partial charge in [-0.25, -0.2) is 0 Å². The lowest BCUT2D eigenvalue weighted by Crippen LogP contribution is -2.27. The summed E-state index contributed by atoms with van der Waals surface area (Å²) in [5.74, 6) is 0.659. The molecule has 0 aromatic rings. The number of methoxy groups -OCH3 is 1. The van der Waals surface area contributed by atoms with Crippen LogP contribution < -0.4 is 5.32 Å². The standard InChI is InChI=1S/C11H24ClNO2/c1-10(2)8-11(12)9-13-4-5-15-7-6-14-3/h10-11,13H,4-9H2,1-3H3. The van der Waals surface area contributed by atoms with Crippen LogP contribution in [0.2, 0.25) is 0 Å². The highest BCUT2D eigenvalue weighted by molar-refractivity contribution is 6.20. The van der Waals surface area contributed by atoms with Gasteiger partial charge in [0.25, 0.3) is 0 Å². The van der Waals surface area contributed by atoms with Crippen molar-refractivity contribution in [2.75, 3.05) is 40.0 Å². The molecule has 0 radical (unpaired) electrons. The minimum absolute atomic E-state index is 0.226. The lowest BCUT2D eigenvalue weighted by atomic mass is 10.1. The summed E-state index contributed by atoms with van der Waals surface area (Å²) in [6.07, 6.45) is 1.05. The number of alkyl halides is 1. The maximum absolute atomic E-state index is 6.12. The predicted octanol–water partition coefficient (Wildman–Crippen LogP) is 1.89. The van der Waals surface area contributed by atoms with Crippen LogP contribution >= 0.6 is 11.6 Å². The van der Waals surface area contributed by atoms with Crippen LogP contribution in [-0.4, -0.2) is 45.4 Å². The third-order valence-corrected chi connectivity index (χ3v) is 2.28. The molecular weight excluding hydrogens is 214 g/mol. The molecule has 0 aliphatic rings. The Kier molecular flexibility index (Phi) is 10.8. The van der Waals surface area contributed by atoms with Crippen molar-refractivity contribution in [1.82, 2.24) is 5.32 Å². The molecule has 1 N–H and O–H groups in total. The number of hydrogen-bond acceptors (Lipinski definition) is 3. The molecule has 0 heterocycles. The monoisotopic (exact) mass is 237 g/mol. The average molecular weight is 238 g/mol. The summed E-state index contributed by atoms with van der Waals surface area (Å²) in [6, 6.07) is 0. The molecule has 3 nitrogen and oxygen atoms in total. The van der Waals surface area contributed by atoms with Crippen LogP contribution in [0.1, 0.15) is 20.3 Å². The van der Waals surface area contributed by atoms with Gasteiger partial charge in [-0.05, 0) is 12.3 Å². The van der Waals surface area contributed by atoms with E-state index in [0.29, 0.717) is 25.7 Å². The molecular formula is C11H24ClNO2. The molecule has 0 spiro atoms. The fraction of sp³-hybridized carbons (Fsp3) is 1.00. The molecule has 1 unspecified atom stereocenters. The first kappa shape index (κ1) is 15.2.